The van der Waals surface area contributed by atoms with Crippen LogP contribution in [-0.2, 0) is 0 Å². The Morgan fingerprint density at radius 2 is 2.04 bits per heavy atom. The molecular weight excluding hydrogens is 407 g/mol. The number of nitrogens with zero attached hydrogens (tertiary/aromatic N) is 1. The summed E-state index contributed by atoms with van der Waals surface area (Å²) in [7, 11) is 1.44. The molecule has 8 heteroatoms. The number of phenolic OH excluding ortho intramolecular Hbond substituents is 1. The molecule has 0 aliphatic heterocycles. The Balaban J connectivity index is 2.10. The second-order valence-electron chi connectivity index (χ2n) is 4.38. The van der Waals surface area contributed by atoms with Gasteiger partial charge in [0, 0.05) is 5.56 Å². The molecule has 0 aliphatic rings. The largest absolute Gasteiger partial charge is 0.503 e. The highest BCUT2D eigenvalue weighted by Crippen LogP contribution is 2.34. The van der Waals surface area contributed by atoms with Gasteiger partial charge < -0.3 is 9.84 Å². The lowest BCUT2D eigenvalue weighted by atomic mass is 10.2. The summed E-state index contributed by atoms with van der Waals surface area (Å²) < 4.78 is 5.48. The zero-order valence-corrected chi connectivity index (χ0v) is 14.9. The van der Waals surface area contributed by atoms with Gasteiger partial charge in [-0.1, -0.05) is 23.2 Å². The SMILES string of the molecule is COc1cc(/C=N\NC(=O)c2ccc(Cl)c(Cl)c2)cc(Br)c1O. The average Bonchev–Trinajstić information content (AvgIpc) is 2.53. The molecule has 2 rings (SSSR count). The van der Waals surface area contributed by atoms with E-state index in [4.69, 9.17) is 27.9 Å². The Morgan fingerprint density at radius 3 is 2.70 bits per heavy atom. The molecule has 0 radical (unpaired) electrons. The fourth-order valence-corrected chi connectivity index (χ4v) is 2.45. The third-order valence-electron chi connectivity index (χ3n) is 2.83. The second kappa shape index (κ2) is 7.68. The van der Waals surface area contributed by atoms with Gasteiger partial charge in [0.2, 0.25) is 0 Å². The van der Waals surface area contributed by atoms with E-state index < -0.39 is 5.91 Å². The molecule has 0 heterocycles. The monoisotopic (exact) mass is 416 g/mol. The Kier molecular flexibility index (Phi) is 5.87. The summed E-state index contributed by atoms with van der Waals surface area (Å²) in [6.07, 6.45) is 1.42. The highest BCUT2D eigenvalue weighted by atomic mass is 79.9. The number of ether oxygens (including phenoxy) is 1. The molecule has 0 unspecified atom stereocenters. The topological polar surface area (TPSA) is 70.9 Å². The number of nitrogens with one attached hydrogen (secondary N) is 1. The molecule has 0 spiro atoms. The first-order valence-corrected chi connectivity index (χ1v) is 7.82. The van der Waals surface area contributed by atoms with Gasteiger partial charge in [-0.2, -0.15) is 5.10 Å². The van der Waals surface area contributed by atoms with Crippen LogP contribution in [-0.4, -0.2) is 24.3 Å². The van der Waals surface area contributed by atoms with Gasteiger partial charge in [0.05, 0.1) is 27.8 Å². The Hall–Kier alpha value is -1.76. The molecule has 0 saturated heterocycles. The third-order valence-corrected chi connectivity index (χ3v) is 4.18. The van der Waals surface area contributed by atoms with E-state index in [1.807, 2.05) is 0 Å². The second-order valence-corrected chi connectivity index (χ2v) is 6.05. The third kappa shape index (κ3) is 4.37. The molecule has 120 valence electrons. The van der Waals surface area contributed by atoms with Crippen molar-refractivity contribution in [3.8, 4) is 11.5 Å². The summed E-state index contributed by atoms with van der Waals surface area (Å²) in [5.74, 6) is -0.147. The molecule has 23 heavy (non-hydrogen) atoms. The van der Waals surface area contributed by atoms with Crippen LogP contribution in [0.4, 0.5) is 0 Å². The first-order valence-electron chi connectivity index (χ1n) is 6.27. The lowest BCUT2D eigenvalue weighted by molar-refractivity contribution is 0.0955. The summed E-state index contributed by atoms with van der Waals surface area (Å²) in [5.41, 5.74) is 3.34. The van der Waals surface area contributed by atoms with Gasteiger partial charge in [-0.3, -0.25) is 4.79 Å². The fourth-order valence-electron chi connectivity index (χ4n) is 1.69. The summed E-state index contributed by atoms with van der Waals surface area (Å²) in [4.78, 5) is 11.9. The summed E-state index contributed by atoms with van der Waals surface area (Å²) >= 11 is 14.9. The Bertz CT molecular complexity index is 782. The maximum absolute atomic E-state index is 11.9. The number of rotatable bonds is 4. The Labute approximate surface area is 151 Å². The zero-order chi connectivity index (χ0) is 17.0. The van der Waals surface area contributed by atoms with Crippen LogP contribution < -0.4 is 10.2 Å². The van der Waals surface area contributed by atoms with Crippen molar-refractivity contribution < 1.29 is 14.6 Å². The van der Waals surface area contributed by atoms with E-state index in [1.54, 1.807) is 18.2 Å². The first kappa shape index (κ1) is 17.6. The number of phenols is 1. The molecule has 0 aliphatic carbocycles. The number of hydrogen-bond acceptors (Lipinski definition) is 4. The summed E-state index contributed by atoms with van der Waals surface area (Å²) in [5, 5.41) is 14.2. The highest BCUT2D eigenvalue weighted by molar-refractivity contribution is 9.10. The highest BCUT2D eigenvalue weighted by Gasteiger charge is 2.09. The number of carbonyl (C=O) groups is 1. The zero-order valence-electron chi connectivity index (χ0n) is 11.8. The minimum atomic E-state index is -0.426. The smallest absolute Gasteiger partial charge is 0.271 e. The molecule has 0 aromatic heterocycles. The summed E-state index contributed by atoms with van der Waals surface area (Å²) in [6, 6.07) is 7.74. The lowest BCUT2D eigenvalue weighted by Gasteiger charge is -2.06. The van der Waals surface area contributed by atoms with Crippen LogP contribution >= 0.6 is 39.1 Å². The van der Waals surface area contributed by atoms with Crippen LogP contribution in [0.5, 0.6) is 11.5 Å². The van der Waals surface area contributed by atoms with Crippen LogP contribution in [0.15, 0.2) is 39.9 Å². The van der Waals surface area contributed by atoms with Crippen molar-refractivity contribution >= 4 is 51.3 Å². The van der Waals surface area contributed by atoms with Crippen molar-refractivity contribution in [2.24, 2.45) is 5.10 Å². The fraction of sp³-hybridized carbons (Fsp3) is 0.0667. The molecule has 0 fully saturated rings. The number of halogens is 3. The number of amides is 1. The number of hydrazone groups is 1. The molecule has 5 nitrogen and oxygen atoms in total. The van der Waals surface area contributed by atoms with E-state index in [1.165, 1.54) is 25.5 Å². The lowest BCUT2D eigenvalue weighted by Crippen LogP contribution is -2.17. The van der Waals surface area contributed by atoms with E-state index in [-0.39, 0.29) is 16.5 Å². The predicted molar refractivity (Wildman–Crippen MR) is 93.9 cm³/mol. The molecule has 1 amide bonds. The number of hydrogen-bond donors (Lipinski definition) is 2. The minimum absolute atomic E-state index is 0.00973. The molecule has 0 bridgehead atoms. The minimum Gasteiger partial charge on any atom is -0.503 e. The molecule has 2 aromatic rings. The normalized spacial score (nSPS) is 10.8. The summed E-state index contributed by atoms with van der Waals surface area (Å²) in [6.45, 7) is 0. The van der Waals surface area contributed by atoms with Crippen molar-refractivity contribution in [2.75, 3.05) is 7.11 Å². The van der Waals surface area contributed by atoms with Crippen molar-refractivity contribution in [3.05, 3.63) is 56.0 Å². The van der Waals surface area contributed by atoms with E-state index in [2.05, 4.69) is 26.5 Å². The van der Waals surface area contributed by atoms with Gasteiger partial charge in [-0.15, -0.1) is 0 Å². The van der Waals surface area contributed by atoms with Crippen molar-refractivity contribution in [2.45, 2.75) is 0 Å². The predicted octanol–water partition coefficient (Wildman–Crippen LogP) is 4.23. The van der Waals surface area contributed by atoms with Crippen LogP contribution in [0.1, 0.15) is 15.9 Å². The standard InChI is InChI=1S/C15H11BrCl2N2O3/c1-23-13-5-8(4-10(16)14(13)21)7-19-20-15(22)9-2-3-11(17)12(18)6-9/h2-7,21H,1H3,(H,20,22)/b19-7-. The van der Waals surface area contributed by atoms with Crippen LogP contribution in [0.25, 0.3) is 0 Å². The molecule has 2 aromatic carbocycles. The van der Waals surface area contributed by atoms with Crippen molar-refractivity contribution in [1.82, 2.24) is 5.43 Å². The average molecular weight is 418 g/mol. The number of carbonyl (C=O) groups excluding carboxylic acids is 1. The van der Waals surface area contributed by atoms with E-state index in [0.717, 1.165) is 0 Å². The first-order chi connectivity index (χ1) is 10.9. The van der Waals surface area contributed by atoms with E-state index in [0.29, 0.717) is 20.6 Å². The number of aromatic hydroxyl groups is 1. The van der Waals surface area contributed by atoms with Crippen LogP contribution in [0.2, 0.25) is 10.0 Å². The van der Waals surface area contributed by atoms with Gasteiger partial charge in [0.25, 0.3) is 5.91 Å². The van der Waals surface area contributed by atoms with E-state index >= 15 is 0 Å². The molecule has 2 N–H and O–H groups in total. The maximum atomic E-state index is 11.9. The number of methoxy groups -OCH3 is 1. The maximum Gasteiger partial charge on any atom is 0.271 e. The van der Waals surface area contributed by atoms with Crippen molar-refractivity contribution in [3.63, 3.8) is 0 Å². The van der Waals surface area contributed by atoms with Gasteiger partial charge in [-0.25, -0.2) is 5.43 Å². The van der Waals surface area contributed by atoms with Crippen LogP contribution in [0.3, 0.4) is 0 Å². The van der Waals surface area contributed by atoms with Gasteiger partial charge in [0.15, 0.2) is 11.5 Å². The molecule has 0 atom stereocenters. The number of benzene rings is 2. The van der Waals surface area contributed by atoms with E-state index in [9.17, 15) is 9.90 Å². The van der Waals surface area contributed by atoms with Gasteiger partial charge in [-0.05, 0) is 51.8 Å². The Morgan fingerprint density at radius 1 is 1.30 bits per heavy atom. The van der Waals surface area contributed by atoms with Crippen molar-refractivity contribution in [1.29, 1.82) is 0 Å². The molecular formula is C15H11BrCl2N2O3. The van der Waals surface area contributed by atoms with Crippen LogP contribution in [0, 0.1) is 0 Å². The quantitative estimate of drug-likeness (QED) is 0.577. The van der Waals surface area contributed by atoms with Gasteiger partial charge in [0.1, 0.15) is 0 Å². The van der Waals surface area contributed by atoms with Gasteiger partial charge >= 0.3 is 0 Å². The molecule has 0 saturated carbocycles.